The molecule has 0 aliphatic rings. The van der Waals surface area contributed by atoms with E-state index in [9.17, 15) is 5.26 Å². The van der Waals surface area contributed by atoms with Crippen LogP contribution >= 0.6 is 11.6 Å². The van der Waals surface area contributed by atoms with E-state index in [0.717, 1.165) is 16.9 Å². The van der Waals surface area contributed by atoms with Gasteiger partial charge in [0.25, 0.3) is 0 Å². The van der Waals surface area contributed by atoms with Crippen LogP contribution in [-0.2, 0) is 0 Å². The van der Waals surface area contributed by atoms with Gasteiger partial charge in [0.15, 0.2) is 0 Å². The van der Waals surface area contributed by atoms with Gasteiger partial charge in [0.05, 0.1) is 11.4 Å². The molecule has 3 N–H and O–H groups in total. The monoisotopic (exact) mass is 365 g/mol. The predicted molar refractivity (Wildman–Crippen MR) is 101 cm³/mol. The molecule has 0 spiro atoms. The Labute approximate surface area is 155 Å². The van der Waals surface area contributed by atoms with Crippen molar-refractivity contribution in [2.45, 2.75) is 13.0 Å². The number of hydrogen-bond donors (Lipinski definition) is 3. The third-order valence-electron chi connectivity index (χ3n) is 3.73. The van der Waals surface area contributed by atoms with Gasteiger partial charge in [-0.05, 0) is 35.9 Å². The number of hydrogen-bond acceptors (Lipinski definition) is 6. The molecule has 0 saturated heterocycles. The van der Waals surface area contributed by atoms with Crippen LogP contribution in [-0.4, -0.2) is 20.6 Å². The summed E-state index contributed by atoms with van der Waals surface area (Å²) in [5.41, 5.74) is 3.00. The lowest BCUT2D eigenvalue weighted by atomic mass is 10.1. The number of tetrazole rings is 1. The van der Waals surface area contributed by atoms with Gasteiger partial charge in [-0.15, -0.1) is 10.2 Å². The fourth-order valence-corrected chi connectivity index (χ4v) is 2.56. The number of allylic oxidation sites excluding steroid dienone is 1. The molecule has 1 heterocycles. The molecule has 3 rings (SSSR count). The number of benzene rings is 2. The van der Waals surface area contributed by atoms with Gasteiger partial charge < -0.3 is 10.6 Å². The number of halogens is 1. The van der Waals surface area contributed by atoms with Crippen molar-refractivity contribution in [3.05, 3.63) is 71.1 Å². The second-order valence-corrected chi connectivity index (χ2v) is 5.95. The molecule has 1 atom stereocenters. The van der Waals surface area contributed by atoms with Gasteiger partial charge in [0, 0.05) is 17.3 Å². The molecule has 7 nitrogen and oxygen atoms in total. The van der Waals surface area contributed by atoms with Crippen molar-refractivity contribution in [2.75, 3.05) is 10.6 Å². The standard InChI is InChI=1S/C18H16ClN7/c1-12(13-5-3-2-4-6-13)22-16-8-7-15(19)9-17(16)21-11-14(10-20)18-23-25-26-24-18/h2-9,11-12,21-22H,1H3,(H,23,24,25,26). The van der Waals surface area contributed by atoms with Crippen molar-refractivity contribution < 1.29 is 0 Å². The van der Waals surface area contributed by atoms with Gasteiger partial charge in [0.1, 0.15) is 11.6 Å². The van der Waals surface area contributed by atoms with E-state index in [1.807, 2.05) is 30.3 Å². The summed E-state index contributed by atoms with van der Waals surface area (Å²) in [4.78, 5) is 0. The number of nitriles is 1. The Kier molecular flexibility index (Phi) is 5.46. The highest BCUT2D eigenvalue weighted by Gasteiger charge is 2.10. The Morgan fingerprint density at radius 2 is 2.04 bits per heavy atom. The van der Waals surface area contributed by atoms with Crippen molar-refractivity contribution in [1.29, 1.82) is 5.26 Å². The quantitative estimate of drug-likeness (QED) is 0.570. The molecule has 0 bridgehead atoms. The zero-order valence-corrected chi connectivity index (χ0v) is 14.7. The van der Waals surface area contributed by atoms with Crippen LogP contribution in [0, 0.1) is 11.3 Å². The third kappa shape index (κ3) is 4.18. The first-order valence-corrected chi connectivity index (χ1v) is 8.27. The van der Waals surface area contributed by atoms with Gasteiger partial charge in [-0.2, -0.15) is 10.5 Å². The molecule has 3 aromatic rings. The van der Waals surface area contributed by atoms with Gasteiger partial charge in [-0.3, -0.25) is 0 Å². The Balaban J connectivity index is 1.83. The highest BCUT2D eigenvalue weighted by molar-refractivity contribution is 6.31. The summed E-state index contributed by atoms with van der Waals surface area (Å²) in [6.07, 6.45) is 1.52. The SMILES string of the molecule is CC(Nc1ccc(Cl)cc1NC=C(C#N)c1nn[nH]n1)c1ccccc1. The lowest BCUT2D eigenvalue weighted by Gasteiger charge is -2.19. The van der Waals surface area contributed by atoms with E-state index in [1.54, 1.807) is 12.1 Å². The maximum Gasteiger partial charge on any atom is 0.216 e. The van der Waals surface area contributed by atoms with Gasteiger partial charge >= 0.3 is 0 Å². The van der Waals surface area contributed by atoms with Gasteiger partial charge in [-0.1, -0.05) is 41.9 Å². The van der Waals surface area contributed by atoms with Crippen molar-refractivity contribution in [1.82, 2.24) is 20.6 Å². The van der Waals surface area contributed by atoms with Crippen molar-refractivity contribution in [2.24, 2.45) is 0 Å². The number of rotatable bonds is 6. The summed E-state index contributed by atoms with van der Waals surface area (Å²) in [5.74, 6) is 0.217. The zero-order valence-electron chi connectivity index (χ0n) is 13.9. The Morgan fingerprint density at radius 1 is 1.23 bits per heavy atom. The first kappa shape index (κ1) is 17.5. The lowest BCUT2D eigenvalue weighted by molar-refractivity contribution is 0.881. The van der Waals surface area contributed by atoms with E-state index in [-0.39, 0.29) is 17.4 Å². The van der Waals surface area contributed by atoms with Crippen LogP contribution in [0.2, 0.25) is 5.02 Å². The molecule has 0 radical (unpaired) electrons. The Hall–Kier alpha value is -3.37. The van der Waals surface area contributed by atoms with Gasteiger partial charge in [0.2, 0.25) is 5.82 Å². The summed E-state index contributed by atoms with van der Waals surface area (Å²) in [6, 6.07) is 17.7. The molecule has 26 heavy (non-hydrogen) atoms. The zero-order chi connectivity index (χ0) is 18.4. The van der Waals surface area contributed by atoms with E-state index in [2.05, 4.69) is 50.3 Å². The smallest absolute Gasteiger partial charge is 0.216 e. The largest absolute Gasteiger partial charge is 0.377 e. The van der Waals surface area contributed by atoms with Crippen molar-refractivity contribution in [3.8, 4) is 6.07 Å². The van der Waals surface area contributed by atoms with Crippen LogP contribution in [0.5, 0.6) is 0 Å². The number of H-pyrrole nitrogens is 1. The first-order chi connectivity index (χ1) is 12.7. The van der Waals surface area contributed by atoms with Gasteiger partial charge in [-0.25, -0.2) is 0 Å². The van der Waals surface area contributed by atoms with E-state index in [0.29, 0.717) is 5.02 Å². The maximum absolute atomic E-state index is 9.27. The minimum absolute atomic E-state index is 0.0922. The molecule has 0 aliphatic heterocycles. The Bertz CT molecular complexity index is 930. The van der Waals surface area contributed by atoms with Crippen LogP contribution in [0.3, 0.4) is 0 Å². The minimum Gasteiger partial charge on any atom is -0.377 e. The van der Waals surface area contributed by atoms with E-state index < -0.39 is 0 Å². The molecule has 1 aromatic heterocycles. The third-order valence-corrected chi connectivity index (χ3v) is 3.97. The van der Waals surface area contributed by atoms with Crippen molar-refractivity contribution in [3.63, 3.8) is 0 Å². The normalized spacial score (nSPS) is 12.3. The van der Waals surface area contributed by atoms with Crippen LogP contribution in [0.4, 0.5) is 11.4 Å². The summed E-state index contributed by atoms with van der Waals surface area (Å²) in [5, 5.41) is 29.8. The van der Waals surface area contributed by atoms with E-state index >= 15 is 0 Å². The second kappa shape index (κ2) is 8.14. The van der Waals surface area contributed by atoms with Crippen molar-refractivity contribution >= 4 is 28.5 Å². The average Bonchev–Trinajstić information content (AvgIpc) is 3.19. The topological polar surface area (TPSA) is 102 Å². The molecule has 0 saturated carbocycles. The number of aromatic amines is 1. The summed E-state index contributed by atoms with van der Waals surface area (Å²) >= 11 is 6.13. The van der Waals surface area contributed by atoms with Crippen LogP contribution in [0.25, 0.3) is 5.57 Å². The summed E-state index contributed by atoms with van der Waals surface area (Å²) in [7, 11) is 0. The van der Waals surface area contributed by atoms with Crippen LogP contribution in [0.1, 0.15) is 24.4 Å². The lowest BCUT2D eigenvalue weighted by Crippen LogP contribution is -2.08. The maximum atomic E-state index is 9.27. The molecule has 130 valence electrons. The molecule has 0 aliphatic carbocycles. The van der Waals surface area contributed by atoms with E-state index in [4.69, 9.17) is 11.6 Å². The van der Waals surface area contributed by atoms with E-state index in [1.165, 1.54) is 6.20 Å². The van der Waals surface area contributed by atoms with Crippen LogP contribution < -0.4 is 10.6 Å². The summed E-state index contributed by atoms with van der Waals surface area (Å²) < 4.78 is 0. The molecule has 1 unspecified atom stereocenters. The molecule has 8 heteroatoms. The fraction of sp³-hybridized carbons (Fsp3) is 0.111. The van der Waals surface area contributed by atoms with Crippen LogP contribution in [0.15, 0.2) is 54.7 Å². The molecule has 0 amide bonds. The second-order valence-electron chi connectivity index (χ2n) is 5.52. The highest BCUT2D eigenvalue weighted by atomic mass is 35.5. The number of nitrogens with one attached hydrogen (secondary N) is 3. The average molecular weight is 366 g/mol. The minimum atomic E-state index is 0.0922. The molecular weight excluding hydrogens is 350 g/mol. The fourth-order valence-electron chi connectivity index (χ4n) is 2.39. The predicted octanol–water partition coefficient (Wildman–Crippen LogP) is 4.00. The summed E-state index contributed by atoms with van der Waals surface area (Å²) in [6.45, 7) is 2.07. The molecular formula is C18H16ClN7. The number of nitrogens with zero attached hydrogens (tertiary/aromatic N) is 4. The highest BCUT2D eigenvalue weighted by Crippen LogP contribution is 2.29. The molecule has 0 fully saturated rings. The molecule has 2 aromatic carbocycles. The first-order valence-electron chi connectivity index (χ1n) is 7.89. The Morgan fingerprint density at radius 3 is 2.73 bits per heavy atom. The number of aromatic nitrogens is 4. The number of anilines is 2.